The monoisotopic (exact) mass is 405 g/mol. The molecule has 1 aliphatic heterocycles. The first kappa shape index (κ1) is 19.2. The summed E-state index contributed by atoms with van der Waals surface area (Å²) in [6.07, 6.45) is 1.46. The average Bonchev–Trinajstić information content (AvgIpc) is 3.09. The summed E-state index contributed by atoms with van der Waals surface area (Å²) in [5.74, 6) is -2.36. The van der Waals surface area contributed by atoms with Crippen LogP contribution < -0.4 is 4.74 Å². The van der Waals surface area contributed by atoms with E-state index < -0.39 is 23.6 Å². The quantitative estimate of drug-likeness (QED) is 0.364. The van der Waals surface area contributed by atoms with E-state index in [0.717, 1.165) is 0 Å². The molecule has 0 N–H and O–H groups in total. The molecule has 0 aliphatic carbocycles. The Morgan fingerprint density at radius 3 is 2.50 bits per heavy atom. The zero-order valence-corrected chi connectivity index (χ0v) is 15.3. The predicted molar refractivity (Wildman–Crippen MR) is 105 cm³/mol. The number of rotatable bonds is 4. The molecular weight excluding hydrogens is 392 g/mol. The van der Waals surface area contributed by atoms with Gasteiger partial charge < -0.3 is 9.47 Å². The van der Waals surface area contributed by atoms with Crippen molar-refractivity contribution in [2.24, 2.45) is 4.99 Å². The Balaban J connectivity index is 1.56. The minimum absolute atomic E-state index is 0.0342. The van der Waals surface area contributed by atoms with Crippen LogP contribution in [0.1, 0.15) is 21.5 Å². The van der Waals surface area contributed by atoms with E-state index in [9.17, 15) is 18.4 Å². The number of hydrogen-bond acceptors (Lipinski definition) is 5. The van der Waals surface area contributed by atoms with Crippen LogP contribution in [-0.2, 0) is 9.53 Å². The van der Waals surface area contributed by atoms with Crippen molar-refractivity contribution in [1.29, 1.82) is 0 Å². The molecule has 1 heterocycles. The number of benzene rings is 3. The summed E-state index contributed by atoms with van der Waals surface area (Å²) in [6, 6.07) is 17.2. The maximum Gasteiger partial charge on any atom is 0.363 e. The first-order valence-corrected chi connectivity index (χ1v) is 8.85. The molecule has 3 aromatic carbocycles. The van der Waals surface area contributed by atoms with Crippen molar-refractivity contribution in [3.63, 3.8) is 0 Å². The van der Waals surface area contributed by atoms with E-state index in [1.54, 1.807) is 12.1 Å². The first-order chi connectivity index (χ1) is 14.5. The molecule has 0 aromatic heterocycles. The maximum atomic E-state index is 13.7. The molecule has 4 rings (SSSR count). The summed E-state index contributed by atoms with van der Waals surface area (Å²) in [5, 5.41) is 0. The van der Waals surface area contributed by atoms with Crippen molar-refractivity contribution in [1.82, 2.24) is 0 Å². The molecule has 0 amide bonds. The second kappa shape index (κ2) is 8.08. The molecule has 0 unspecified atom stereocenters. The fourth-order valence-electron chi connectivity index (χ4n) is 2.74. The summed E-state index contributed by atoms with van der Waals surface area (Å²) in [4.78, 5) is 28.4. The van der Waals surface area contributed by atoms with Gasteiger partial charge >= 0.3 is 11.9 Å². The highest BCUT2D eigenvalue weighted by Crippen LogP contribution is 2.22. The summed E-state index contributed by atoms with van der Waals surface area (Å²) in [5.41, 5.74) is 0.826. The van der Waals surface area contributed by atoms with E-state index in [1.807, 2.05) is 0 Å². The Hall–Kier alpha value is -4.13. The molecule has 0 radical (unpaired) electrons. The van der Waals surface area contributed by atoms with Crippen LogP contribution in [0.3, 0.4) is 0 Å². The van der Waals surface area contributed by atoms with Gasteiger partial charge in [0.15, 0.2) is 5.70 Å². The van der Waals surface area contributed by atoms with Gasteiger partial charge in [0.25, 0.3) is 0 Å². The smallest absolute Gasteiger partial charge is 0.363 e. The van der Waals surface area contributed by atoms with E-state index >= 15 is 0 Å². The Bertz CT molecular complexity index is 1200. The SMILES string of the molecule is O=C1OC(c2ccc(F)cc2)=N/C1=C/c1cccc(OC(=O)c2ccccc2F)c1. The van der Waals surface area contributed by atoms with E-state index in [4.69, 9.17) is 9.47 Å². The molecule has 30 heavy (non-hydrogen) atoms. The summed E-state index contributed by atoms with van der Waals surface area (Å²) < 4.78 is 37.1. The number of ether oxygens (including phenoxy) is 2. The van der Waals surface area contributed by atoms with Crippen LogP contribution >= 0.6 is 0 Å². The number of cyclic esters (lactones) is 1. The summed E-state index contributed by atoms with van der Waals surface area (Å²) in [6.45, 7) is 0. The highest BCUT2D eigenvalue weighted by Gasteiger charge is 2.24. The molecule has 0 spiro atoms. The highest BCUT2D eigenvalue weighted by molar-refractivity contribution is 6.12. The predicted octanol–water partition coefficient (Wildman–Crippen LogP) is 4.53. The number of carbonyl (C=O) groups is 2. The average molecular weight is 405 g/mol. The van der Waals surface area contributed by atoms with Crippen LogP contribution in [0.2, 0.25) is 0 Å². The molecule has 7 heteroatoms. The van der Waals surface area contributed by atoms with Crippen LogP contribution in [0, 0.1) is 11.6 Å². The fraction of sp³-hybridized carbons (Fsp3) is 0. The van der Waals surface area contributed by atoms with Crippen LogP contribution in [0.5, 0.6) is 5.75 Å². The lowest BCUT2D eigenvalue weighted by atomic mass is 10.2. The topological polar surface area (TPSA) is 65.0 Å². The lowest BCUT2D eigenvalue weighted by Gasteiger charge is -2.06. The van der Waals surface area contributed by atoms with E-state index in [2.05, 4.69) is 4.99 Å². The van der Waals surface area contributed by atoms with Gasteiger partial charge in [-0.05, 0) is 60.2 Å². The number of halogens is 2. The Kier molecular flexibility index (Phi) is 5.17. The Morgan fingerprint density at radius 2 is 1.73 bits per heavy atom. The van der Waals surface area contributed by atoms with Gasteiger partial charge in [0.1, 0.15) is 17.4 Å². The van der Waals surface area contributed by atoms with Gasteiger partial charge in [-0.15, -0.1) is 0 Å². The third-order valence-corrected chi connectivity index (χ3v) is 4.18. The van der Waals surface area contributed by atoms with Crippen molar-refractivity contribution in [3.8, 4) is 5.75 Å². The molecule has 3 aromatic rings. The van der Waals surface area contributed by atoms with Gasteiger partial charge in [-0.2, -0.15) is 0 Å². The van der Waals surface area contributed by atoms with Gasteiger partial charge in [0.2, 0.25) is 5.90 Å². The molecule has 0 fully saturated rings. The number of carbonyl (C=O) groups excluding carboxylic acids is 2. The van der Waals surface area contributed by atoms with E-state index in [-0.39, 0.29) is 22.9 Å². The van der Waals surface area contributed by atoms with Gasteiger partial charge in [0, 0.05) is 5.56 Å². The van der Waals surface area contributed by atoms with Crippen LogP contribution in [0.15, 0.2) is 83.5 Å². The second-order valence-electron chi connectivity index (χ2n) is 6.28. The molecule has 0 bridgehead atoms. The van der Waals surface area contributed by atoms with Crippen molar-refractivity contribution in [2.75, 3.05) is 0 Å². The third kappa shape index (κ3) is 4.15. The molecule has 5 nitrogen and oxygen atoms in total. The normalized spacial score (nSPS) is 14.4. The summed E-state index contributed by atoms with van der Waals surface area (Å²) in [7, 11) is 0. The van der Waals surface area contributed by atoms with E-state index in [1.165, 1.54) is 66.7 Å². The lowest BCUT2D eigenvalue weighted by molar-refractivity contribution is -0.129. The van der Waals surface area contributed by atoms with Gasteiger partial charge in [-0.25, -0.2) is 23.4 Å². The Labute approximate surface area is 169 Å². The fourth-order valence-corrected chi connectivity index (χ4v) is 2.74. The highest BCUT2D eigenvalue weighted by atomic mass is 19.1. The standard InChI is InChI=1S/C23H13F2NO4/c24-16-10-8-15(9-11-16)21-26-20(23(28)30-21)13-14-4-3-5-17(12-14)29-22(27)18-6-1-2-7-19(18)25/h1-13H/b20-13+. The van der Waals surface area contributed by atoms with Crippen LogP contribution in [0.25, 0.3) is 6.08 Å². The first-order valence-electron chi connectivity index (χ1n) is 8.85. The minimum atomic E-state index is -0.838. The summed E-state index contributed by atoms with van der Waals surface area (Å²) >= 11 is 0. The van der Waals surface area contributed by atoms with Gasteiger partial charge in [-0.1, -0.05) is 24.3 Å². The number of aliphatic imine (C=N–C) groups is 1. The third-order valence-electron chi connectivity index (χ3n) is 4.18. The van der Waals surface area contributed by atoms with Gasteiger partial charge in [0.05, 0.1) is 5.56 Å². The number of nitrogens with zero attached hydrogens (tertiary/aromatic N) is 1. The zero-order valence-electron chi connectivity index (χ0n) is 15.3. The molecular formula is C23H13F2NO4. The van der Waals surface area contributed by atoms with Crippen molar-refractivity contribution in [2.45, 2.75) is 0 Å². The zero-order chi connectivity index (χ0) is 21.1. The van der Waals surface area contributed by atoms with Crippen LogP contribution in [-0.4, -0.2) is 17.8 Å². The maximum absolute atomic E-state index is 13.7. The number of hydrogen-bond donors (Lipinski definition) is 0. The van der Waals surface area contributed by atoms with Crippen LogP contribution in [0.4, 0.5) is 8.78 Å². The van der Waals surface area contributed by atoms with E-state index in [0.29, 0.717) is 11.1 Å². The molecule has 0 saturated carbocycles. The molecule has 0 atom stereocenters. The van der Waals surface area contributed by atoms with Gasteiger partial charge in [-0.3, -0.25) is 0 Å². The minimum Gasteiger partial charge on any atom is -0.423 e. The molecule has 0 saturated heterocycles. The van der Waals surface area contributed by atoms with Crippen molar-refractivity contribution >= 4 is 23.9 Å². The largest absolute Gasteiger partial charge is 0.423 e. The van der Waals surface area contributed by atoms with Crippen molar-refractivity contribution < 1.29 is 27.8 Å². The number of esters is 2. The lowest BCUT2D eigenvalue weighted by Crippen LogP contribution is -2.10. The Morgan fingerprint density at radius 1 is 0.967 bits per heavy atom. The van der Waals surface area contributed by atoms with Crippen molar-refractivity contribution in [3.05, 3.63) is 107 Å². The molecule has 1 aliphatic rings. The molecule has 148 valence electrons. The second-order valence-corrected chi connectivity index (χ2v) is 6.28.